The zero-order valence-electron chi connectivity index (χ0n) is 13.1. The van der Waals surface area contributed by atoms with Gasteiger partial charge in [0.15, 0.2) is 0 Å². The number of nitrogens with zero attached hydrogens (tertiary/aromatic N) is 2. The normalized spacial score (nSPS) is 22.3. The molecule has 1 N–H and O–H groups in total. The molecule has 1 aromatic carbocycles. The molecule has 0 radical (unpaired) electrons. The number of carbonyl (C=O) groups is 2. The van der Waals surface area contributed by atoms with Crippen LogP contribution in [0.25, 0.3) is 0 Å². The van der Waals surface area contributed by atoms with E-state index >= 15 is 0 Å². The molecule has 2 saturated heterocycles. The molecule has 2 aliphatic heterocycles. The molecule has 0 aromatic heterocycles. The van der Waals surface area contributed by atoms with Crippen molar-refractivity contribution in [3.8, 4) is 0 Å². The zero-order chi connectivity index (χ0) is 16.2. The predicted octanol–water partition coefficient (Wildman–Crippen LogP) is 1.83. The Hall–Kier alpha value is -1.59. The number of rotatable bonds is 3. The van der Waals surface area contributed by atoms with Crippen molar-refractivity contribution < 1.29 is 9.59 Å². The Bertz CT molecular complexity index is 593. The van der Waals surface area contributed by atoms with Crippen LogP contribution < -0.4 is 5.32 Å². The summed E-state index contributed by atoms with van der Waals surface area (Å²) in [6, 6.07) is 7.61. The summed E-state index contributed by atoms with van der Waals surface area (Å²) >= 11 is 6.09. The molecule has 0 bridgehead atoms. The lowest BCUT2D eigenvalue weighted by Gasteiger charge is -2.38. The summed E-state index contributed by atoms with van der Waals surface area (Å²) in [6.45, 7) is 3.02. The fourth-order valence-corrected chi connectivity index (χ4v) is 3.50. The Kier molecular flexibility index (Phi) is 5.18. The summed E-state index contributed by atoms with van der Waals surface area (Å²) in [4.78, 5) is 28.3. The Labute approximate surface area is 141 Å². The second kappa shape index (κ2) is 7.32. The van der Waals surface area contributed by atoms with Gasteiger partial charge in [0, 0.05) is 37.6 Å². The first kappa shape index (κ1) is 16.3. The number of likely N-dealkylation sites (tertiary alicyclic amines) is 1. The fourth-order valence-electron chi connectivity index (χ4n) is 3.30. The molecule has 1 unspecified atom stereocenters. The average molecular weight is 336 g/mol. The number of halogens is 1. The molecule has 1 atom stereocenters. The van der Waals surface area contributed by atoms with Crippen molar-refractivity contribution in [2.45, 2.75) is 25.3 Å². The van der Waals surface area contributed by atoms with Crippen molar-refractivity contribution >= 4 is 23.4 Å². The Balaban J connectivity index is 1.72. The molecule has 0 saturated carbocycles. The van der Waals surface area contributed by atoms with Gasteiger partial charge in [-0.2, -0.15) is 0 Å². The van der Waals surface area contributed by atoms with E-state index in [1.807, 2.05) is 29.2 Å². The first-order valence-electron chi connectivity index (χ1n) is 8.18. The van der Waals surface area contributed by atoms with E-state index in [-0.39, 0.29) is 24.4 Å². The maximum atomic E-state index is 12.8. The van der Waals surface area contributed by atoms with Crippen LogP contribution >= 0.6 is 11.6 Å². The third-order valence-corrected chi connectivity index (χ3v) is 4.78. The van der Waals surface area contributed by atoms with Gasteiger partial charge in [0.05, 0.1) is 12.6 Å². The number of amides is 2. The van der Waals surface area contributed by atoms with Crippen molar-refractivity contribution in [1.82, 2.24) is 15.1 Å². The number of benzene rings is 1. The third-order valence-electron chi connectivity index (χ3n) is 4.54. The largest absolute Gasteiger partial charge is 0.333 e. The summed E-state index contributed by atoms with van der Waals surface area (Å²) in [5, 5.41) is 4.01. The monoisotopic (exact) mass is 335 g/mol. The number of piperidine rings is 1. The lowest BCUT2D eigenvalue weighted by atomic mass is 10.0. The molecule has 2 aliphatic rings. The van der Waals surface area contributed by atoms with E-state index in [0.29, 0.717) is 31.1 Å². The first-order chi connectivity index (χ1) is 11.1. The molecule has 1 aromatic rings. The molecule has 2 fully saturated rings. The van der Waals surface area contributed by atoms with Crippen molar-refractivity contribution in [3.05, 3.63) is 34.9 Å². The van der Waals surface area contributed by atoms with E-state index in [1.54, 1.807) is 4.90 Å². The molecule has 2 amide bonds. The van der Waals surface area contributed by atoms with Crippen molar-refractivity contribution in [2.75, 3.05) is 32.7 Å². The van der Waals surface area contributed by atoms with Gasteiger partial charge >= 0.3 is 0 Å². The summed E-state index contributed by atoms with van der Waals surface area (Å²) in [7, 11) is 0. The van der Waals surface area contributed by atoms with Crippen LogP contribution in [0.5, 0.6) is 0 Å². The van der Waals surface area contributed by atoms with E-state index in [0.717, 1.165) is 24.9 Å². The van der Waals surface area contributed by atoms with Gasteiger partial charge in [0.25, 0.3) is 0 Å². The van der Waals surface area contributed by atoms with Gasteiger partial charge in [-0.25, -0.2) is 0 Å². The van der Waals surface area contributed by atoms with E-state index in [1.165, 1.54) is 0 Å². The minimum absolute atomic E-state index is 0.0201. The standard InChI is InChI=1S/C17H22ClN3O2/c18-14-5-3-4-13(10-14)15-11-19-7-9-21(15)17(23)12-20-8-2-1-6-16(20)22/h3-5,10,15,19H,1-2,6-9,11-12H2. The molecule has 5 nitrogen and oxygen atoms in total. The van der Waals surface area contributed by atoms with Gasteiger partial charge in [0.2, 0.25) is 11.8 Å². The summed E-state index contributed by atoms with van der Waals surface area (Å²) in [5.74, 6) is 0.116. The highest BCUT2D eigenvalue weighted by molar-refractivity contribution is 6.30. The Morgan fingerprint density at radius 3 is 2.96 bits per heavy atom. The molecule has 0 spiro atoms. The maximum Gasteiger partial charge on any atom is 0.242 e. The van der Waals surface area contributed by atoms with E-state index in [4.69, 9.17) is 11.6 Å². The molecular formula is C17H22ClN3O2. The van der Waals surface area contributed by atoms with Crippen LogP contribution in [0.4, 0.5) is 0 Å². The second-order valence-corrected chi connectivity index (χ2v) is 6.57. The number of nitrogens with one attached hydrogen (secondary N) is 1. The van der Waals surface area contributed by atoms with Crippen LogP contribution in [0.1, 0.15) is 30.9 Å². The van der Waals surface area contributed by atoms with E-state index in [2.05, 4.69) is 5.32 Å². The smallest absolute Gasteiger partial charge is 0.242 e. The minimum Gasteiger partial charge on any atom is -0.333 e. The highest BCUT2D eigenvalue weighted by atomic mass is 35.5. The molecule has 124 valence electrons. The lowest BCUT2D eigenvalue weighted by molar-refractivity contribution is -0.143. The van der Waals surface area contributed by atoms with Gasteiger partial charge in [-0.05, 0) is 30.5 Å². The SMILES string of the molecule is O=C1CCCCN1CC(=O)N1CCNCC1c1cccc(Cl)c1. The van der Waals surface area contributed by atoms with Crippen LogP contribution in [0, 0.1) is 0 Å². The molecule has 23 heavy (non-hydrogen) atoms. The molecule has 2 heterocycles. The molecule has 6 heteroatoms. The van der Waals surface area contributed by atoms with Gasteiger partial charge in [-0.3, -0.25) is 9.59 Å². The Morgan fingerprint density at radius 1 is 1.30 bits per heavy atom. The van der Waals surface area contributed by atoms with Crippen molar-refractivity contribution in [3.63, 3.8) is 0 Å². The van der Waals surface area contributed by atoms with Crippen LogP contribution in [-0.4, -0.2) is 54.3 Å². The third kappa shape index (κ3) is 3.85. The number of piperazine rings is 1. The van der Waals surface area contributed by atoms with Crippen LogP contribution in [0.3, 0.4) is 0 Å². The molecule has 0 aliphatic carbocycles. The van der Waals surface area contributed by atoms with Crippen molar-refractivity contribution in [1.29, 1.82) is 0 Å². The average Bonchev–Trinajstić information content (AvgIpc) is 2.57. The van der Waals surface area contributed by atoms with Gasteiger partial charge < -0.3 is 15.1 Å². The summed E-state index contributed by atoms with van der Waals surface area (Å²) in [6.07, 6.45) is 2.48. The summed E-state index contributed by atoms with van der Waals surface area (Å²) in [5.41, 5.74) is 1.03. The van der Waals surface area contributed by atoms with Gasteiger partial charge in [-0.15, -0.1) is 0 Å². The van der Waals surface area contributed by atoms with Crippen LogP contribution in [0.2, 0.25) is 5.02 Å². The van der Waals surface area contributed by atoms with Gasteiger partial charge in [0.1, 0.15) is 0 Å². The highest BCUT2D eigenvalue weighted by Gasteiger charge is 2.30. The second-order valence-electron chi connectivity index (χ2n) is 6.13. The van der Waals surface area contributed by atoms with Crippen LogP contribution in [0.15, 0.2) is 24.3 Å². The highest BCUT2D eigenvalue weighted by Crippen LogP contribution is 2.25. The molecule has 3 rings (SSSR count). The van der Waals surface area contributed by atoms with E-state index in [9.17, 15) is 9.59 Å². The lowest BCUT2D eigenvalue weighted by Crippen LogP contribution is -2.52. The predicted molar refractivity (Wildman–Crippen MR) is 89.2 cm³/mol. The van der Waals surface area contributed by atoms with Gasteiger partial charge in [-0.1, -0.05) is 23.7 Å². The van der Waals surface area contributed by atoms with Crippen molar-refractivity contribution in [2.24, 2.45) is 0 Å². The Morgan fingerprint density at radius 2 is 2.17 bits per heavy atom. The quantitative estimate of drug-likeness (QED) is 0.916. The molecular weight excluding hydrogens is 314 g/mol. The zero-order valence-corrected chi connectivity index (χ0v) is 13.9. The van der Waals surface area contributed by atoms with Crippen LogP contribution in [-0.2, 0) is 9.59 Å². The number of carbonyl (C=O) groups excluding carboxylic acids is 2. The topological polar surface area (TPSA) is 52.7 Å². The fraction of sp³-hybridized carbons (Fsp3) is 0.529. The minimum atomic E-state index is -0.0326. The first-order valence-corrected chi connectivity index (χ1v) is 8.56. The number of hydrogen-bond donors (Lipinski definition) is 1. The summed E-state index contributed by atoms with van der Waals surface area (Å²) < 4.78 is 0. The maximum absolute atomic E-state index is 12.8. The van der Waals surface area contributed by atoms with E-state index < -0.39 is 0 Å². The number of hydrogen-bond acceptors (Lipinski definition) is 3.